The van der Waals surface area contributed by atoms with Gasteiger partial charge in [-0.15, -0.1) is 0 Å². The van der Waals surface area contributed by atoms with Gasteiger partial charge in [0.15, 0.2) is 0 Å². The lowest BCUT2D eigenvalue weighted by molar-refractivity contribution is -0.137. The number of ether oxygens (including phenoxy) is 2. The average Bonchev–Trinajstić information content (AvgIpc) is 3.41. The molecule has 2 aliphatic carbocycles. The van der Waals surface area contributed by atoms with Gasteiger partial charge in [0.25, 0.3) is 5.91 Å². The van der Waals surface area contributed by atoms with Crippen LogP contribution in [0.4, 0.5) is 0 Å². The summed E-state index contributed by atoms with van der Waals surface area (Å²) in [5.41, 5.74) is 5.06. The summed E-state index contributed by atoms with van der Waals surface area (Å²) in [4.78, 5) is 29.5. The summed E-state index contributed by atoms with van der Waals surface area (Å²) >= 11 is 0. The van der Waals surface area contributed by atoms with Crippen LogP contribution in [0.2, 0.25) is 0 Å². The van der Waals surface area contributed by atoms with Crippen molar-refractivity contribution in [2.45, 2.75) is 75.9 Å². The van der Waals surface area contributed by atoms with Crippen molar-refractivity contribution in [2.75, 3.05) is 34.4 Å². The van der Waals surface area contributed by atoms with Crippen LogP contribution in [0.3, 0.4) is 0 Å². The first-order valence-corrected chi connectivity index (χ1v) is 17.6. The van der Waals surface area contributed by atoms with E-state index in [1.807, 2.05) is 24.1 Å². The molecule has 2 aromatic carbocycles. The number of likely N-dealkylation sites (N-methyl/N-ethyl adjacent to an activating group) is 1. The van der Waals surface area contributed by atoms with Crippen LogP contribution in [0, 0.1) is 5.41 Å². The van der Waals surface area contributed by atoms with Crippen molar-refractivity contribution in [2.24, 2.45) is 5.41 Å². The molecule has 3 heterocycles. The molecular formula is C34H42N4O6S. The lowest BCUT2D eigenvalue weighted by atomic mass is 9.81. The first-order valence-electron chi connectivity index (χ1n) is 16.1. The van der Waals surface area contributed by atoms with E-state index in [4.69, 9.17) is 9.47 Å². The van der Waals surface area contributed by atoms with Crippen LogP contribution < -0.4 is 14.2 Å². The maximum absolute atomic E-state index is 14.5. The van der Waals surface area contributed by atoms with Crippen LogP contribution in [0.1, 0.15) is 84.7 Å². The number of nitrogens with one attached hydrogen (secondary N) is 2. The minimum atomic E-state index is -3.97. The van der Waals surface area contributed by atoms with E-state index < -0.39 is 21.5 Å². The van der Waals surface area contributed by atoms with Crippen molar-refractivity contribution in [3.8, 4) is 17.0 Å². The lowest BCUT2D eigenvalue weighted by Gasteiger charge is -2.27. The molecule has 11 heteroatoms. The van der Waals surface area contributed by atoms with Crippen molar-refractivity contribution in [1.82, 2.24) is 18.9 Å². The number of fused-ring (bicyclic) bond motifs is 7. The predicted octanol–water partition coefficient (Wildman–Crippen LogP) is 4.68. The van der Waals surface area contributed by atoms with Gasteiger partial charge >= 0.3 is 10.2 Å². The predicted molar refractivity (Wildman–Crippen MR) is 172 cm³/mol. The summed E-state index contributed by atoms with van der Waals surface area (Å²) in [5, 5.41) is 1.06. The van der Waals surface area contributed by atoms with Gasteiger partial charge in [-0.2, -0.15) is 8.42 Å². The van der Waals surface area contributed by atoms with Gasteiger partial charge in [-0.05, 0) is 79.5 Å². The van der Waals surface area contributed by atoms with Gasteiger partial charge in [-0.25, -0.2) is 9.44 Å². The molecule has 3 unspecified atom stereocenters. The van der Waals surface area contributed by atoms with Gasteiger partial charge in [0, 0.05) is 61.7 Å². The zero-order valence-corrected chi connectivity index (χ0v) is 27.0. The fraction of sp³-hybridized carbons (Fsp3) is 0.529. The maximum atomic E-state index is 14.5. The second kappa shape index (κ2) is 11.4. The quantitative estimate of drug-likeness (QED) is 0.372. The van der Waals surface area contributed by atoms with E-state index >= 15 is 0 Å². The lowest BCUT2D eigenvalue weighted by Crippen LogP contribution is -2.41. The summed E-state index contributed by atoms with van der Waals surface area (Å²) in [7, 11) is 0.842. The monoisotopic (exact) mass is 634 g/mol. The Labute approximate surface area is 264 Å². The van der Waals surface area contributed by atoms with Gasteiger partial charge in [0.05, 0.1) is 24.3 Å². The third kappa shape index (κ3) is 5.22. The molecule has 10 nitrogen and oxygen atoms in total. The van der Waals surface area contributed by atoms with Crippen LogP contribution >= 0.6 is 0 Å². The summed E-state index contributed by atoms with van der Waals surface area (Å²) < 4.78 is 42.4. The number of carbonyl (C=O) groups excluding carboxylic acids is 2. The third-order valence-electron chi connectivity index (χ3n) is 10.6. The minimum absolute atomic E-state index is 0.0310. The van der Waals surface area contributed by atoms with Gasteiger partial charge in [-0.3, -0.25) is 9.59 Å². The fourth-order valence-electron chi connectivity index (χ4n) is 8.21. The number of carbonyl (C=O) groups is 2. The topological polar surface area (TPSA) is 119 Å². The Balaban J connectivity index is 1.41. The highest BCUT2D eigenvalue weighted by Gasteiger charge is 2.63. The maximum Gasteiger partial charge on any atom is 0.301 e. The van der Waals surface area contributed by atoms with E-state index in [9.17, 15) is 18.0 Å². The molecule has 3 fully saturated rings. The zero-order chi connectivity index (χ0) is 31.5. The molecule has 45 heavy (non-hydrogen) atoms. The number of rotatable bonds is 8. The van der Waals surface area contributed by atoms with E-state index in [2.05, 4.69) is 26.1 Å². The molecule has 3 aromatic rings. The van der Waals surface area contributed by atoms with E-state index in [0.717, 1.165) is 85.0 Å². The first kappa shape index (κ1) is 30.3. The molecule has 3 atom stereocenters. The van der Waals surface area contributed by atoms with Crippen molar-refractivity contribution in [3.05, 3.63) is 53.1 Å². The Kier molecular flexibility index (Phi) is 7.69. The van der Waals surface area contributed by atoms with Gasteiger partial charge < -0.3 is 18.9 Å². The molecule has 0 radical (unpaired) electrons. The van der Waals surface area contributed by atoms with Gasteiger partial charge in [0.1, 0.15) is 5.75 Å². The molecule has 0 spiro atoms. The van der Waals surface area contributed by atoms with Crippen LogP contribution in [0.5, 0.6) is 5.75 Å². The fourth-order valence-corrected chi connectivity index (χ4v) is 8.67. The Hall–Kier alpha value is -3.41. The summed E-state index contributed by atoms with van der Waals surface area (Å²) in [6.45, 7) is 1.78. The van der Waals surface area contributed by atoms with Crippen molar-refractivity contribution >= 4 is 32.9 Å². The number of hydrogen-bond acceptors (Lipinski definition) is 6. The minimum Gasteiger partial charge on any atom is -0.497 e. The Bertz CT molecular complexity index is 1770. The van der Waals surface area contributed by atoms with E-state index in [1.54, 1.807) is 19.2 Å². The largest absolute Gasteiger partial charge is 0.497 e. The molecule has 1 saturated heterocycles. The van der Waals surface area contributed by atoms with Gasteiger partial charge in [-0.1, -0.05) is 25.3 Å². The van der Waals surface area contributed by atoms with E-state index in [1.165, 1.54) is 19.0 Å². The number of hydrogen-bond donors (Lipinski definition) is 2. The van der Waals surface area contributed by atoms with E-state index in [0.29, 0.717) is 19.0 Å². The Morgan fingerprint density at radius 2 is 1.89 bits per heavy atom. The van der Waals surface area contributed by atoms with Crippen molar-refractivity contribution in [1.29, 1.82) is 0 Å². The van der Waals surface area contributed by atoms with Crippen LogP contribution in [0.25, 0.3) is 22.2 Å². The zero-order valence-electron chi connectivity index (χ0n) is 26.2. The first-order chi connectivity index (χ1) is 21.7. The summed E-state index contributed by atoms with van der Waals surface area (Å²) in [6, 6.07) is 11.7. The molecular weight excluding hydrogens is 592 g/mol. The van der Waals surface area contributed by atoms with Crippen molar-refractivity contribution < 1.29 is 27.5 Å². The summed E-state index contributed by atoms with van der Waals surface area (Å²) in [6.07, 6.45) is 8.46. The molecule has 2 aliphatic heterocycles. The smallest absolute Gasteiger partial charge is 0.301 e. The normalized spacial score (nSPS) is 24.3. The number of benzene rings is 2. The molecule has 2 amide bonds. The highest BCUT2D eigenvalue weighted by molar-refractivity contribution is 7.88. The molecule has 240 valence electrons. The SMILES string of the molecule is CNS(=O)(=O)NC(=O)c1ccc2c(C3CCCCC3)c3n(c2c1)CC1(C(=O)N(C)CC2CCCO2)CC1c1cc(OC)ccc1-3. The number of nitrogens with zero attached hydrogens (tertiary/aromatic N) is 2. The molecule has 1 aromatic heterocycles. The number of aromatic nitrogens is 1. The third-order valence-corrected chi connectivity index (χ3v) is 11.5. The van der Waals surface area contributed by atoms with E-state index in [-0.39, 0.29) is 23.5 Å². The molecule has 7 rings (SSSR count). The standard InChI is InChI=1S/C34H42N4O6S/c1-35-45(41,42)36-32(39)22-11-13-26-29(16-22)38-20-34(33(40)37(2)19-24-10-7-15-44-24)18-28(34)27-17-23(43-3)12-14-25(27)31(38)30(26)21-8-5-4-6-9-21/h11-14,16-17,21,24,28,35H,4-10,15,18-20H2,1-3H3,(H,36,39). The Morgan fingerprint density at radius 1 is 1.09 bits per heavy atom. The van der Waals surface area contributed by atoms with Gasteiger partial charge in [0.2, 0.25) is 5.91 Å². The molecule has 4 aliphatic rings. The second-order valence-electron chi connectivity index (χ2n) is 13.2. The average molecular weight is 635 g/mol. The second-order valence-corrected chi connectivity index (χ2v) is 14.9. The van der Waals surface area contributed by atoms with Crippen LogP contribution in [0.15, 0.2) is 36.4 Å². The highest BCUT2D eigenvalue weighted by Crippen LogP contribution is 2.66. The number of methoxy groups -OCH3 is 1. The van der Waals surface area contributed by atoms with Crippen LogP contribution in [-0.4, -0.2) is 70.2 Å². The molecule has 0 bridgehead atoms. The number of amides is 2. The van der Waals surface area contributed by atoms with Crippen LogP contribution in [-0.2, 0) is 26.3 Å². The van der Waals surface area contributed by atoms with Crippen molar-refractivity contribution in [3.63, 3.8) is 0 Å². The Morgan fingerprint density at radius 3 is 2.60 bits per heavy atom. The molecule has 2 N–H and O–H groups in total. The summed E-state index contributed by atoms with van der Waals surface area (Å²) in [5.74, 6) is 0.553. The highest BCUT2D eigenvalue weighted by atomic mass is 32.2. The molecule has 2 saturated carbocycles.